The summed E-state index contributed by atoms with van der Waals surface area (Å²) in [5.41, 5.74) is 7.70. The van der Waals surface area contributed by atoms with Gasteiger partial charge in [-0.1, -0.05) is 47.6 Å². The Kier molecular flexibility index (Phi) is 5.00. The highest BCUT2D eigenvalue weighted by atomic mass is 16.5. The molecule has 0 bridgehead atoms. The molecule has 0 amide bonds. The lowest BCUT2D eigenvalue weighted by Crippen LogP contribution is -2.14. The van der Waals surface area contributed by atoms with Gasteiger partial charge < -0.3 is 15.7 Å². The van der Waals surface area contributed by atoms with Crippen LogP contribution in [0.15, 0.2) is 59.8 Å². The Hall–Kier alpha value is -2.49. The number of nitrogens with zero attached hydrogens (tertiary/aromatic N) is 1. The number of benzene rings is 2. The van der Waals surface area contributed by atoms with Crippen molar-refractivity contribution in [2.75, 3.05) is 6.61 Å². The molecule has 0 heterocycles. The zero-order chi connectivity index (χ0) is 14.2. The molecule has 0 atom stereocenters. The van der Waals surface area contributed by atoms with Crippen LogP contribution in [0, 0.1) is 0 Å². The Balaban J connectivity index is 1.82. The van der Waals surface area contributed by atoms with Gasteiger partial charge in [0.15, 0.2) is 0 Å². The van der Waals surface area contributed by atoms with Crippen LogP contribution in [0.25, 0.3) is 0 Å². The maximum absolute atomic E-state index is 8.51. The number of ether oxygens (including phenoxy) is 1. The maximum atomic E-state index is 8.51. The average Bonchev–Trinajstić information content (AvgIpc) is 2.50. The minimum atomic E-state index is 0.197. The van der Waals surface area contributed by atoms with Gasteiger partial charge in [0.25, 0.3) is 0 Å². The third-order valence-corrected chi connectivity index (χ3v) is 2.94. The summed E-state index contributed by atoms with van der Waals surface area (Å²) in [6.07, 6.45) is 1.31. The van der Waals surface area contributed by atoms with Gasteiger partial charge in [0.1, 0.15) is 11.6 Å². The molecule has 0 unspecified atom stereocenters. The molecule has 0 aliphatic rings. The summed E-state index contributed by atoms with van der Waals surface area (Å²) in [4.78, 5) is 0. The van der Waals surface area contributed by atoms with Crippen molar-refractivity contribution in [2.24, 2.45) is 10.9 Å². The van der Waals surface area contributed by atoms with Crippen LogP contribution < -0.4 is 10.5 Å². The summed E-state index contributed by atoms with van der Waals surface area (Å²) in [7, 11) is 0. The Morgan fingerprint density at radius 2 is 1.70 bits per heavy atom. The largest absolute Gasteiger partial charge is 0.493 e. The van der Waals surface area contributed by atoms with Gasteiger partial charge in [-0.05, 0) is 23.3 Å². The number of amidine groups is 1. The van der Waals surface area contributed by atoms with Crippen molar-refractivity contribution in [1.29, 1.82) is 0 Å². The SMILES string of the molecule is N/C(Cc1ccc(OCCc2ccccc2)cc1)=N/O. The van der Waals surface area contributed by atoms with Crippen LogP contribution in [-0.4, -0.2) is 17.6 Å². The fraction of sp³-hybridized carbons (Fsp3) is 0.188. The zero-order valence-electron chi connectivity index (χ0n) is 11.2. The second-order valence-corrected chi connectivity index (χ2v) is 4.50. The van der Waals surface area contributed by atoms with Crippen LogP contribution in [0.2, 0.25) is 0 Å². The average molecular weight is 270 g/mol. The quantitative estimate of drug-likeness (QED) is 0.367. The topological polar surface area (TPSA) is 67.8 Å². The van der Waals surface area contributed by atoms with E-state index in [1.807, 2.05) is 42.5 Å². The number of hydrogen-bond donors (Lipinski definition) is 2. The van der Waals surface area contributed by atoms with Gasteiger partial charge in [-0.25, -0.2) is 0 Å². The van der Waals surface area contributed by atoms with E-state index in [4.69, 9.17) is 15.7 Å². The third-order valence-electron chi connectivity index (χ3n) is 2.94. The van der Waals surface area contributed by atoms with Crippen LogP contribution in [0.4, 0.5) is 0 Å². The summed E-state index contributed by atoms with van der Waals surface area (Å²) < 4.78 is 5.69. The number of oxime groups is 1. The van der Waals surface area contributed by atoms with Gasteiger partial charge in [-0.2, -0.15) is 0 Å². The van der Waals surface area contributed by atoms with Crippen molar-refractivity contribution in [2.45, 2.75) is 12.8 Å². The molecule has 0 aliphatic heterocycles. The van der Waals surface area contributed by atoms with Gasteiger partial charge in [0, 0.05) is 12.8 Å². The highest BCUT2D eigenvalue weighted by Crippen LogP contribution is 2.13. The second kappa shape index (κ2) is 7.19. The number of rotatable bonds is 6. The molecule has 0 aromatic heterocycles. The van der Waals surface area contributed by atoms with E-state index in [0.717, 1.165) is 17.7 Å². The van der Waals surface area contributed by atoms with Crippen molar-refractivity contribution < 1.29 is 9.94 Å². The van der Waals surface area contributed by atoms with E-state index in [1.165, 1.54) is 5.56 Å². The summed E-state index contributed by atoms with van der Waals surface area (Å²) in [5.74, 6) is 1.02. The molecule has 104 valence electrons. The van der Waals surface area contributed by atoms with E-state index < -0.39 is 0 Å². The van der Waals surface area contributed by atoms with Gasteiger partial charge in [-0.3, -0.25) is 0 Å². The molecule has 0 saturated heterocycles. The molecule has 0 aliphatic carbocycles. The first-order chi connectivity index (χ1) is 9.78. The molecule has 0 fully saturated rings. The van der Waals surface area contributed by atoms with Crippen molar-refractivity contribution in [1.82, 2.24) is 0 Å². The Morgan fingerprint density at radius 1 is 1.00 bits per heavy atom. The number of hydrogen-bond acceptors (Lipinski definition) is 3. The lowest BCUT2D eigenvalue weighted by Gasteiger charge is -2.07. The highest BCUT2D eigenvalue weighted by molar-refractivity contribution is 5.82. The molecule has 2 aromatic carbocycles. The second-order valence-electron chi connectivity index (χ2n) is 4.50. The lowest BCUT2D eigenvalue weighted by atomic mass is 10.1. The van der Waals surface area contributed by atoms with E-state index in [1.54, 1.807) is 0 Å². The van der Waals surface area contributed by atoms with Crippen LogP contribution in [0.1, 0.15) is 11.1 Å². The minimum Gasteiger partial charge on any atom is -0.493 e. The fourth-order valence-electron chi connectivity index (χ4n) is 1.88. The first-order valence-corrected chi connectivity index (χ1v) is 6.50. The first-order valence-electron chi connectivity index (χ1n) is 6.50. The molecule has 2 aromatic rings. The van der Waals surface area contributed by atoms with Crippen LogP contribution in [-0.2, 0) is 12.8 Å². The van der Waals surface area contributed by atoms with Crippen LogP contribution in [0.3, 0.4) is 0 Å². The number of nitrogens with two attached hydrogens (primary N) is 1. The summed E-state index contributed by atoms with van der Waals surface area (Å²) in [6.45, 7) is 0.642. The van der Waals surface area contributed by atoms with E-state index in [-0.39, 0.29) is 5.84 Å². The monoisotopic (exact) mass is 270 g/mol. The van der Waals surface area contributed by atoms with Crippen molar-refractivity contribution in [3.63, 3.8) is 0 Å². The van der Waals surface area contributed by atoms with Crippen molar-refractivity contribution >= 4 is 5.84 Å². The van der Waals surface area contributed by atoms with Gasteiger partial charge in [-0.15, -0.1) is 0 Å². The molecule has 0 saturated carbocycles. The van der Waals surface area contributed by atoms with Crippen LogP contribution in [0.5, 0.6) is 5.75 Å². The Morgan fingerprint density at radius 3 is 2.35 bits per heavy atom. The van der Waals surface area contributed by atoms with Crippen LogP contribution >= 0.6 is 0 Å². The fourth-order valence-corrected chi connectivity index (χ4v) is 1.88. The molecule has 20 heavy (non-hydrogen) atoms. The molecule has 3 N–H and O–H groups in total. The summed E-state index contributed by atoms with van der Waals surface area (Å²) in [5, 5.41) is 11.5. The van der Waals surface area contributed by atoms with E-state index >= 15 is 0 Å². The molecule has 4 heteroatoms. The van der Waals surface area contributed by atoms with E-state index in [0.29, 0.717) is 13.0 Å². The highest BCUT2D eigenvalue weighted by Gasteiger charge is 1.99. The first kappa shape index (κ1) is 13.9. The lowest BCUT2D eigenvalue weighted by molar-refractivity contribution is 0.317. The Labute approximate surface area is 118 Å². The van der Waals surface area contributed by atoms with Crippen molar-refractivity contribution in [3.05, 3.63) is 65.7 Å². The smallest absolute Gasteiger partial charge is 0.143 e. The van der Waals surface area contributed by atoms with Gasteiger partial charge in [0.05, 0.1) is 6.61 Å². The molecule has 4 nitrogen and oxygen atoms in total. The third kappa shape index (κ3) is 4.31. The zero-order valence-corrected chi connectivity index (χ0v) is 11.2. The molecule has 0 radical (unpaired) electrons. The maximum Gasteiger partial charge on any atom is 0.143 e. The molecule has 2 rings (SSSR count). The molecular formula is C16H18N2O2. The summed E-state index contributed by atoms with van der Waals surface area (Å²) >= 11 is 0. The van der Waals surface area contributed by atoms with E-state index in [9.17, 15) is 0 Å². The minimum absolute atomic E-state index is 0.197. The molecule has 0 spiro atoms. The van der Waals surface area contributed by atoms with E-state index in [2.05, 4.69) is 17.3 Å². The predicted octanol–water partition coefficient (Wildman–Crippen LogP) is 2.60. The van der Waals surface area contributed by atoms with Gasteiger partial charge in [0.2, 0.25) is 0 Å². The predicted molar refractivity (Wildman–Crippen MR) is 79.2 cm³/mol. The Bertz CT molecular complexity index is 550. The standard InChI is InChI=1S/C16H18N2O2/c17-16(18-19)12-14-6-8-15(9-7-14)20-11-10-13-4-2-1-3-5-13/h1-9,19H,10-12H2,(H2,17,18). The normalized spacial score (nSPS) is 11.3. The van der Waals surface area contributed by atoms with Gasteiger partial charge >= 0.3 is 0 Å². The molecular weight excluding hydrogens is 252 g/mol. The van der Waals surface area contributed by atoms with Crippen molar-refractivity contribution in [3.8, 4) is 5.75 Å². The summed E-state index contributed by atoms with van der Waals surface area (Å²) in [6, 6.07) is 17.8.